The maximum Gasteiger partial charge on any atom is 0.270 e. The van der Waals surface area contributed by atoms with Gasteiger partial charge in [0.15, 0.2) is 0 Å². The van der Waals surface area contributed by atoms with E-state index in [2.05, 4.69) is 15.3 Å². The zero-order chi connectivity index (χ0) is 15.0. The van der Waals surface area contributed by atoms with E-state index < -0.39 is 0 Å². The molecule has 2 N–H and O–H groups in total. The quantitative estimate of drug-likeness (QED) is 0.704. The maximum atomic E-state index is 11.9. The van der Waals surface area contributed by atoms with Crippen molar-refractivity contribution in [2.24, 2.45) is 0 Å². The van der Waals surface area contributed by atoms with Crippen molar-refractivity contribution in [3.05, 3.63) is 27.9 Å². The Balaban J connectivity index is 2.48. The highest BCUT2D eigenvalue weighted by Crippen LogP contribution is 2.02. The second-order valence-electron chi connectivity index (χ2n) is 4.54. The van der Waals surface area contributed by atoms with Gasteiger partial charge < -0.3 is 15.0 Å². The Morgan fingerprint density at radius 1 is 1.55 bits per heavy atom. The average Bonchev–Trinajstić information content (AvgIpc) is 2.37. The van der Waals surface area contributed by atoms with E-state index in [-0.39, 0.29) is 23.3 Å². The Morgan fingerprint density at radius 3 is 2.95 bits per heavy atom. The zero-order valence-electron chi connectivity index (χ0n) is 12.1. The van der Waals surface area contributed by atoms with Crippen LogP contribution in [-0.2, 0) is 10.5 Å². The van der Waals surface area contributed by atoms with Crippen LogP contribution in [0.5, 0.6) is 0 Å². The number of ether oxygens (including phenoxy) is 1. The van der Waals surface area contributed by atoms with Crippen molar-refractivity contribution in [3.8, 4) is 0 Å². The van der Waals surface area contributed by atoms with Crippen LogP contribution in [0, 0.1) is 0 Å². The van der Waals surface area contributed by atoms with Crippen molar-refractivity contribution in [1.29, 1.82) is 0 Å². The fraction of sp³-hybridized carbons (Fsp3) is 0.615. The van der Waals surface area contributed by atoms with Crippen molar-refractivity contribution in [2.45, 2.75) is 32.1 Å². The molecule has 0 aromatic carbocycles. The first-order valence-corrected chi connectivity index (χ1v) is 7.91. The van der Waals surface area contributed by atoms with Gasteiger partial charge in [0.2, 0.25) is 0 Å². The molecular formula is C13H21N3O3S. The molecule has 20 heavy (non-hydrogen) atoms. The summed E-state index contributed by atoms with van der Waals surface area (Å²) in [7, 11) is 0. The van der Waals surface area contributed by atoms with Gasteiger partial charge in [-0.05, 0) is 26.5 Å². The van der Waals surface area contributed by atoms with E-state index in [4.69, 9.17) is 4.74 Å². The number of H-pyrrole nitrogens is 1. The van der Waals surface area contributed by atoms with Gasteiger partial charge in [0.1, 0.15) is 11.5 Å². The fourth-order valence-corrected chi connectivity index (χ4v) is 1.92. The summed E-state index contributed by atoms with van der Waals surface area (Å²) >= 11 is 1.53. The Bertz CT molecular complexity index is 488. The van der Waals surface area contributed by atoms with Crippen molar-refractivity contribution in [1.82, 2.24) is 15.3 Å². The number of thioether (sulfide) groups is 1. The lowest BCUT2D eigenvalue weighted by molar-refractivity contribution is 0.0756. The van der Waals surface area contributed by atoms with Crippen LogP contribution in [-0.4, -0.2) is 41.4 Å². The van der Waals surface area contributed by atoms with Crippen molar-refractivity contribution in [2.75, 3.05) is 19.4 Å². The molecule has 0 aliphatic rings. The van der Waals surface area contributed by atoms with Crippen LogP contribution in [0.4, 0.5) is 0 Å². The van der Waals surface area contributed by atoms with E-state index in [1.807, 2.05) is 20.1 Å². The molecule has 6 nitrogen and oxygen atoms in total. The van der Waals surface area contributed by atoms with Gasteiger partial charge in [-0.25, -0.2) is 4.98 Å². The second-order valence-corrected chi connectivity index (χ2v) is 5.41. The van der Waals surface area contributed by atoms with Crippen molar-refractivity contribution >= 4 is 17.7 Å². The van der Waals surface area contributed by atoms with Crippen LogP contribution >= 0.6 is 11.8 Å². The maximum absolute atomic E-state index is 11.9. The molecule has 0 unspecified atom stereocenters. The lowest BCUT2D eigenvalue weighted by Gasteiger charge is -2.08. The summed E-state index contributed by atoms with van der Waals surface area (Å²) in [6, 6.07) is 1.21. The van der Waals surface area contributed by atoms with E-state index in [1.54, 1.807) is 0 Å². The summed E-state index contributed by atoms with van der Waals surface area (Å²) < 4.78 is 5.37. The number of nitrogens with one attached hydrogen (secondary N) is 2. The lowest BCUT2D eigenvalue weighted by atomic mass is 10.3. The molecule has 0 atom stereocenters. The Labute approximate surface area is 122 Å². The molecule has 0 aliphatic carbocycles. The predicted octanol–water partition coefficient (Wildman–Crippen LogP) is 1.18. The van der Waals surface area contributed by atoms with Gasteiger partial charge in [-0.15, -0.1) is 0 Å². The normalized spacial score (nSPS) is 10.8. The molecule has 0 spiro atoms. The highest BCUT2D eigenvalue weighted by atomic mass is 32.2. The summed E-state index contributed by atoms with van der Waals surface area (Å²) in [5.74, 6) is 0.750. The Kier molecular flexibility index (Phi) is 7.32. The SMILES string of the molecule is CSCc1nc(C(=O)NCCCOC(C)C)cc(=O)[nH]1. The number of hydrogen-bond acceptors (Lipinski definition) is 5. The number of aromatic amines is 1. The van der Waals surface area contributed by atoms with E-state index >= 15 is 0 Å². The van der Waals surface area contributed by atoms with E-state index in [0.717, 1.165) is 6.42 Å². The number of carbonyl (C=O) groups excluding carboxylic acids is 1. The summed E-state index contributed by atoms with van der Waals surface area (Å²) in [6.07, 6.45) is 2.82. The first kappa shape index (κ1) is 16.7. The van der Waals surface area contributed by atoms with Gasteiger partial charge in [-0.1, -0.05) is 0 Å². The first-order valence-electron chi connectivity index (χ1n) is 6.52. The minimum atomic E-state index is -0.331. The topological polar surface area (TPSA) is 84.1 Å². The molecule has 1 aromatic heterocycles. The van der Waals surface area contributed by atoms with Gasteiger partial charge in [-0.2, -0.15) is 11.8 Å². The van der Waals surface area contributed by atoms with E-state index in [0.29, 0.717) is 24.7 Å². The van der Waals surface area contributed by atoms with Gasteiger partial charge in [0.05, 0.1) is 11.9 Å². The van der Waals surface area contributed by atoms with Gasteiger partial charge >= 0.3 is 0 Å². The number of hydrogen-bond donors (Lipinski definition) is 2. The van der Waals surface area contributed by atoms with Crippen LogP contribution < -0.4 is 10.9 Å². The minimum Gasteiger partial charge on any atom is -0.379 e. The first-order chi connectivity index (χ1) is 9.52. The number of carbonyl (C=O) groups is 1. The van der Waals surface area contributed by atoms with E-state index in [9.17, 15) is 9.59 Å². The van der Waals surface area contributed by atoms with Crippen LogP contribution in [0.3, 0.4) is 0 Å². The molecule has 1 amide bonds. The molecule has 1 rings (SSSR count). The van der Waals surface area contributed by atoms with Gasteiger partial charge in [-0.3, -0.25) is 9.59 Å². The summed E-state index contributed by atoms with van der Waals surface area (Å²) in [4.78, 5) is 30.0. The highest BCUT2D eigenvalue weighted by Gasteiger charge is 2.09. The van der Waals surface area contributed by atoms with Crippen molar-refractivity contribution in [3.63, 3.8) is 0 Å². The van der Waals surface area contributed by atoms with E-state index in [1.165, 1.54) is 17.8 Å². The van der Waals surface area contributed by atoms with Crippen LogP contribution in [0.15, 0.2) is 10.9 Å². The third kappa shape index (κ3) is 6.21. The zero-order valence-corrected chi connectivity index (χ0v) is 12.9. The predicted molar refractivity (Wildman–Crippen MR) is 80.1 cm³/mol. The molecule has 0 radical (unpaired) electrons. The van der Waals surface area contributed by atoms with Gasteiger partial charge in [0.25, 0.3) is 11.5 Å². The number of rotatable bonds is 8. The third-order valence-corrected chi connectivity index (χ3v) is 2.92. The van der Waals surface area contributed by atoms with Gasteiger partial charge in [0, 0.05) is 19.2 Å². The second kappa shape index (κ2) is 8.76. The molecule has 0 bridgehead atoms. The van der Waals surface area contributed by atoms with Crippen molar-refractivity contribution < 1.29 is 9.53 Å². The fourth-order valence-electron chi connectivity index (χ4n) is 1.51. The smallest absolute Gasteiger partial charge is 0.270 e. The number of amides is 1. The summed E-state index contributed by atoms with van der Waals surface area (Å²) in [5.41, 5.74) is -0.153. The largest absolute Gasteiger partial charge is 0.379 e. The monoisotopic (exact) mass is 299 g/mol. The molecule has 1 aromatic rings. The minimum absolute atomic E-state index is 0.155. The molecule has 0 saturated carbocycles. The standard InChI is InChI=1S/C13H21N3O3S/c1-9(2)19-6-4-5-14-13(18)10-7-12(17)16-11(15-10)8-20-3/h7,9H,4-6,8H2,1-3H3,(H,14,18)(H,15,16,17). The number of aromatic nitrogens is 2. The third-order valence-electron chi connectivity index (χ3n) is 2.36. The molecular weight excluding hydrogens is 278 g/mol. The summed E-state index contributed by atoms with van der Waals surface area (Å²) in [6.45, 7) is 5.02. The summed E-state index contributed by atoms with van der Waals surface area (Å²) in [5, 5.41) is 2.73. The van der Waals surface area contributed by atoms with Crippen LogP contribution in [0.2, 0.25) is 0 Å². The highest BCUT2D eigenvalue weighted by molar-refractivity contribution is 7.97. The number of nitrogens with zero attached hydrogens (tertiary/aromatic N) is 1. The Morgan fingerprint density at radius 2 is 2.30 bits per heavy atom. The molecule has 7 heteroatoms. The molecule has 0 saturated heterocycles. The molecule has 112 valence electrons. The lowest BCUT2D eigenvalue weighted by Crippen LogP contribution is -2.28. The Hall–Kier alpha value is -1.34. The molecule has 1 heterocycles. The van der Waals surface area contributed by atoms with Crippen LogP contribution in [0.25, 0.3) is 0 Å². The average molecular weight is 299 g/mol. The molecule has 0 aliphatic heterocycles. The molecule has 0 fully saturated rings. The van der Waals surface area contributed by atoms with Crippen LogP contribution in [0.1, 0.15) is 36.6 Å².